The molecule has 0 rings (SSSR count). The fourth-order valence-electron chi connectivity index (χ4n) is 0. The van der Waals surface area contributed by atoms with Crippen molar-refractivity contribution in [1.29, 1.82) is 0 Å². The van der Waals surface area contributed by atoms with Crippen molar-refractivity contribution in [3.63, 3.8) is 0 Å². The van der Waals surface area contributed by atoms with Crippen LogP contribution in [0.2, 0.25) is 0 Å². The highest BCUT2D eigenvalue weighted by Gasteiger charge is 2.32. The Morgan fingerprint density at radius 3 is 1.56 bits per heavy atom. The minimum absolute atomic E-state index is 0. The summed E-state index contributed by atoms with van der Waals surface area (Å²) in [5.74, 6) is 0. The van der Waals surface area contributed by atoms with Crippen LogP contribution in [-0.2, 0) is 4.57 Å². The van der Waals surface area contributed by atoms with Crippen LogP contribution in [0.5, 0.6) is 0 Å². The van der Waals surface area contributed by atoms with E-state index >= 15 is 0 Å². The van der Waals surface area contributed by atoms with Gasteiger partial charge in [0, 0.05) is 0 Å². The molecule has 0 saturated carbocycles. The lowest BCUT2D eigenvalue weighted by molar-refractivity contribution is 0.338. The van der Waals surface area contributed by atoms with Crippen molar-refractivity contribution in [3.8, 4) is 0 Å². The molecule has 0 aromatic heterocycles. The predicted molar refractivity (Wildman–Crippen MR) is 33.9 cm³/mol. The first-order valence-electron chi connectivity index (χ1n) is 2.09. The fourth-order valence-corrected chi connectivity index (χ4v) is 0. The molecule has 5 nitrogen and oxygen atoms in total. The molecule has 0 atom stereocenters. The first-order valence-corrected chi connectivity index (χ1v) is 3.71. The van der Waals surface area contributed by atoms with E-state index in [1.807, 2.05) is 0 Å². The van der Waals surface area contributed by atoms with Crippen LogP contribution < -0.4 is 5.73 Å². The third-order valence-electron chi connectivity index (χ3n) is 0.751. The Kier molecular flexibility index (Phi) is 3.64. The van der Waals surface area contributed by atoms with E-state index in [1.165, 1.54) is 13.8 Å². The molecule has 0 unspecified atom stereocenters. The van der Waals surface area contributed by atoms with Crippen LogP contribution in [0.25, 0.3) is 0 Å². The molecule has 6 heteroatoms. The van der Waals surface area contributed by atoms with Gasteiger partial charge < -0.3 is 21.0 Å². The Hall–Kier alpha value is 0.0700. The monoisotopic (exact) mass is 157 g/mol. The van der Waals surface area contributed by atoms with Gasteiger partial charge in [-0.25, -0.2) is 0 Å². The summed E-state index contributed by atoms with van der Waals surface area (Å²) in [6, 6.07) is 0. The standard InChI is InChI=1S/C3H10NO3P.H2O/c1-3(2,4)8(5,6)7;/h4H2,1-2H3,(H2,5,6,7);1H2. The molecule has 0 saturated heterocycles. The van der Waals surface area contributed by atoms with Crippen molar-refractivity contribution in [2.45, 2.75) is 19.1 Å². The summed E-state index contributed by atoms with van der Waals surface area (Å²) in [4.78, 5) is 16.7. The molecule has 0 aliphatic heterocycles. The van der Waals surface area contributed by atoms with Crippen LogP contribution in [0.3, 0.4) is 0 Å². The van der Waals surface area contributed by atoms with Crippen molar-refractivity contribution >= 4 is 7.60 Å². The van der Waals surface area contributed by atoms with Crippen molar-refractivity contribution in [1.82, 2.24) is 0 Å². The Bertz CT molecular complexity index is 122. The third-order valence-corrected chi connectivity index (χ3v) is 2.25. The second-order valence-corrected chi connectivity index (χ2v) is 4.44. The second kappa shape index (κ2) is 2.77. The number of hydrogen-bond donors (Lipinski definition) is 3. The zero-order valence-corrected chi connectivity index (χ0v) is 6.22. The minimum Gasteiger partial charge on any atom is -0.412 e. The van der Waals surface area contributed by atoms with Crippen molar-refractivity contribution in [2.24, 2.45) is 5.73 Å². The van der Waals surface area contributed by atoms with Gasteiger partial charge in [-0.05, 0) is 13.8 Å². The molecule has 0 aromatic rings. The SMILES string of the molecule is CC(C)(N)P(=O)(O)O.O. The minimum atomic E-state index is -4.07. The van der Waals surface area contributed by atoms with E-state index in [9.17, 15) is 4.57 Å². The van der Waals surface area contributed by atoms with Gasteiger partial charge in [0.1, 0.15) is 5.28 Å². The number of nitrogens with two attached hydrogens (primary N) is 1. The van der Waals surface area contributed by atoms with Gasteiger partial charge in [0.05, 0.1) is 0 Å². The highest BCUT2D eigenvalue weighted by molar-refractivity contribution is 7.53. The van der Waals surface area contributed by atoms with Crippen LogP contribution >= 0.6 is 7.60 Å². The lowest BCUT2D eigenvalue weighted by Gasteiger charge is -2.19. The topological polar surface area (TPSA) is 115 Å². The summed E-state index contributed by atoms with van der Waals surface area (Å²) in [6.45, 7) is 2.57. The lowest BCUT2D eigenvalue weighted by Crippen LogP contribution is -2.31. The van der Waals surface area contributed by atoms with E-state index in [4.69, 9.17) is 15.5 Å². The van der Waals surface area contributed by atoms with Gasteiger partial charge in [0.2, 0.25) is 0 Å². The molecule has 0 aliphatic rings. The average molecular weight is 157 g/mol. The Morgan fingerprint density at radius 1 is 1.44 bits per heavy atom. The molecule has 0 fully saturated rings. The van der Waals surface area contributed by atoms with Crippen molar-refractivity contribution in [3.05, 3.63) is 0 Å². The average Bonchev–Trinajstić information content (AvgIpc) is 1.25. The normalized spacial score (nSPS) is 12.6. The Labute approximate surface area is 53.3 Å². The molecule has 0 amide bonds. The second-order valence-electron chi connectivity index (χ2n) is 2.20. The largest absolute Gasteiger partial charge is 0.412 e. The van der Waals surface area contributed by atoms with Crippen molar-refractivity contribution < 1.29 is 19.8 Å². The molecular formula is C3H12NO4P. The highest BCUT2D eigenvalue weighted by atomic mass is 31.2. The summed E-state index contributed by atoms with van der Waals surface area (Å²) in [5, 5.41) is -1.40. The van der Waals surface area contributed by atoms with Gasteiger partial charge in [-0.2, -0.15) is 0 Å². The van der Waals surface area contributed by atoms with E-state index in [1.54, 1.807) is 0 Å². The molecule has 0 heterocycles. The maximum atomic E-state index is 10.2. The van der Waals surface area contributed by atoms with Gasteiger partial charge in [0.25, 0.3) is 0 Å². The zero-order valence-electron chi connectivity index (χ0n) is 5.33. The van der Waals surface area contributed by atoms with E-state index < -0.39 is 12.9 Å². The first-order chi connectivity index (χ1) is 3.25. The predicted octanol–water partition coefficient (Wildman–Crippen LogP) is -0.966. The molecule has 9 heavy (non-hydrogen) atoms. The molecule has 0 aliphatic carbocycles. The van der Waals surface area contributed by atoms with Gasteiger partial charge in [-0.1, -0.05) is 0 Å². The lowest BCUT2D eigenvalue weighted by atomic mass is 10.4. The maximum absolute atomic E-state index is 10.2. The zero-order chi connectivity index (χ0) is 7.00. The quantitative estimate of drug-likeness (QED) is 0.425. The van der Waals surface area contributed by atoms with Crippen LogP contribution in [0, 0.1) is 0 Å². The molecule has 0 radical (unpaired) electrons. The smallest absolute Gasteiger partial charge is 0.344 e. The molecule has 0 bridgehead atoms. The molecule has 6 N–H and O–H groups in total. The van der Waals surface area contributed by atoms with Crippen molar-refractivity contribution in [2.75, 3.05) is 0 Å². The first kappa shape index (κ1) is 11.8. The molecular weight excluding hydrogens is 145 g/mol. The van der Waals surface area contributed by atoms with Crippen LogP contribution in [0.1, 0.15) is 13.8 Å². The summed E-state index contributed by atoms with van der Waals surface area (Å²) in [5.41, 5.74) is 5.05. The summed E-state index contributed by atoms with van der Waals surface area (Å²) in [7, 11) is -4.07. The number of hydrogen-bond acceptors (Lipinski definition) is 2. The maximum Gasteiger partial charge on any atom is 0.344 e. The molecule has 0 aromatic carbocycles. The number of rotatable bonds is 1. The van der Waals surface area contributed by atoms with E-state index in [-0.39, 0.29) is 5.48 Å². The van der Waals surface area contributed by atoms with Gasteiger partial charge in [-0.15, -0.1) is 0 Å². The van der Waals surface area contributed by atoms with Gasteiger partial charge in [-0.3, -0.25) is 4.57 Å². The van der Waals surface area contributed by atoms with Gasteiger partial charge in [0.15, 0.2) is 0 Å². The molecule has 0 spiro atoms. The summed E-state index contributed by atoms with van der Waals surface area (Å²) >= 11 is 0. The summed E-state index contributed by atoms with van der Waals surface area (Å²) < 4.78 is 10.2. The van der Waals surface area contributed by atoms with E-state index in [0.717, 1.165) is 0 Å². The fraction of sp³-hybridized carbons (Fsp3) is 1.00. The van der Waals surface area contributed by atoms with E-state index in [0.29, 0.717) is 0 Å². The third kappa shape index (κ3) is 3.61. The van der Waals surface area contributed by atoms with Gasteiger partial charge >= 0.3 is 7.60 Å². The summed E-state index contributed by atoms with van der Waals surface area (Å²) in [6.07, 6.45) is 0. The van der Waals surface area contributed by atoms with Crippen LogP contribution in [0.15, 0.2) is 0 Å². The Morgan fingerprint density at radius 2 is 1.56 bits per heavy atom. The van der Waals surface area contributed by atoms with Crippen LogP contribution in [-0.4, -0.2) is 20.5 Å². The molecule has 58 valence electrons. The van der Waals surface area contributed by atoms with Crippen LogP contribution in [0.4, 0.5) is 0 Å². The Balaban J connectivity index is 0. The van der Waals surface area contributed by atoms with E-state index in [2.05, 4.69) is 0 Å². The highest BCUT2D eigenvalue weighted by Crippen LogP contribution is 2.45.